The van der Waals surface area contributed by atoms with Gasteiger partial charge >= 0.3 is 18.0 Å². The molecule has 1 unspecified atom stereocenters. The van der Waals surface area contributed by atoms with Gasteiger partial charge in [0.05, 0.1) is 19.6 Å². The third kappa shape index (κ3) is 6.28. The van der Waals surface area contributed by atoms with Crippen molar-refractivity contribution in [3.05, 3.63) is 95.6 Å². The Kier molecular flexibility index (Phi) is 8.53. The number of carboxylic acid groups (broad SMARTS) is 1. The predicted molar refractivity (Wildman–Crippen MR) is 151 cm³/mol. The van der Waals surface area contributed by atoms with Crippen molar-refractivity contribution in [2.75, 3.05) is 26.3 Å². The number of carbonyl (C=O) groups is 4. The molecule has 10 heteroatoms. The monoisotopic (exact) mass is 572 g/mol. The highest BCUT2D eigenvalue weighted by atomic mass is 16.6. The summed E-state index contributed by atoms with van der Waals surface area (Å²) in [5.41, 5.74) is 3.37. The Morgan fingerprint density at radius 1 is 0.952 bits per heavy atom. The SMILES string of the molecule is CC1(C(=O)O)CN(C(=O)[C@H](CC(=O)OCc2ccccc2)NC(=O)OCC2c3ccccc3-c3ccccc32)CCO1. The van der Waals surface area contributed by atoms with E-state index in [9.17, 15) is 24.3 Å². The van der Waals surface area contributed by atoms with Gasteiger partial charge in [0.1, 0.15) is 19.3 Å². The minimum atomic E-state index is -1.62. The summed E-state index contributed by atoms with van der Waals surface area (Å²) < 4.78 is 16.4. The molecule has 2 atom stereocenters. The first-order valence-corrected chi connectivity index (χ1v) is 13.7. The molecule has 218 valence electrons. The lowest BCUT2D eigenvalue weighted by atomic mass is 9.98. The van der Waals surface area contributed by atoms with Gasteiger partial charge in [-0.05, 0) is 34.7 Å². The minimum Gasteiger partial charge on any atom is -0.479 e. The zero-order valence-corrected chi connectivity index (χ0v) is 23.2. The van der Waals surface area contributed by atoms with Gasteiger partial charge in [-0.15, -0.1) is 0 Å². The topological polar surface area (TPSA) is 131 Å². The van der Waals surface area contributed by atoms with Crippen LogP contribution in [-0.4, -0.2) is 71.9 Å². The van der Waals surface area contributed by atoms with Gasteiger partial charge in [0, 0.05) is 12.5 Å². The van der Waals surface area contributed by atoms with E-state index in [4.69, 9.17) is 14.2 Å². The molecule has 0 aromatic heterocycles. The molecule has 1 heterocycles. The van der Waals surface area contributed by atoms with Gasteiger partial charge in [-0.1, -0.05) is 78.9 Å². The van der Waals surface area contributed by atoms with Crippen LogP contribution < -0.4 is 5.32 Å². The van der Waals surface area contributed by atoms with Crippen LogP contribution in [0.2, 0.25) is 0 Å². The summed E-state index contributed by atoms with van der Waals surface area (Å²) >= 11 is 0. The largest absolute Gasteiger partial charge is 0.479 e. The van der Waals surface area contributed by atoms with E-state index in [2.05, 4.69) is 5.32 Å². The van der Waals surface area contributed by atoms with Crippen LogP contribution in [0.25, 0.3) is 11.1 Å². The van der Waals surface area contributed by atoms with E-state index >= 15 is 0 Å². The predicted octanol–water partition coefficient (Wildman–Crippen LogP) is 3.73. The molecular weight excluding hydrogens is 540 g/mol. The fraction of sp³-hybridized carbons (Fsp3) is 0.312. The smallest absolute Gasteiger partial charge is 0.407 e. The van der Waals surface area contributed by atoms with Crippen LogP contribution in [0, 0.1) is 0 Å². The molecule has 42 heavy (non-hydrogen) atoms. The van der Waals surface area contributed by atoms with Crippen molar-refractivity contribution in [2.45, 2.75) is 37.5 Å². The van der Waals surface area contributed by atoms with Crippen LogP contribution in [0.4, 0.5) is 4.79 Å². The highest BCUT2D eigenvalue weighted by Gasteiger charge is 2.43. The van der Waals surface area contributed by atoms with Crippen molar-refractivity contribution in [1.29, 1.82) is 0 Å². The van der Waals surface area contributed by atoms with Gasteiger partial charge in [0.2, 0.25) is 5.91 Å². The van der Waals surface area contributed by atoms with Crippen molar-refractivity contribution < 1.29 is 38.5 Å². The fourth-order valence-corrected chi connectivity index (χ4v) is 5.35. The second-order valence-electron chi connectivity index (χ2n) is 10.5. The average Bonchev–Trinajstić information content (AvgIpc) is 3.32. The van der Waals surface area contributed by atoms with Crippen LogP contribution in [-0.2, 0) is 35.2 Å². The molecule has 1 aliphatic heterocycles. The van der Waals surface area contributed by atoms with Gasteiger partial charge < -0.3 is 29.5 Å². The maximum atomic E-state index is 13.5. The van der Waals surface area contributed by atoms with Crippen molar-refractivity contribution in [3.8, 4) is 11.1 Å². The van der Waals surface area contributed by atoms with Gasteiger partial charge in [0.25, 0.3) is 0 Å². The maximum absolute atomic E-state index is 13.5. The molecule has 5 rings (SSSR count). The van der Waals surface area contributed by atoms with E-state index in [1.165, 1.54) is 11.8 Å². The lowest BCUT2D eigenvalue weighted by Crippen LogP contribution is -2.60. The maximum Gasteiger partial charge on any atom is 0.407 e. The number of nitrogens with zero attached hydrogens (tertiary/aromatic N) is 1. The zero-order valence-electron chi connectivity index (χ0n) is 23.2. The van der Waals surface area contributed by atoms with E-state index in [0.717, 1.165) is 27.8 Å². The van der Waals surface area contributed by atoms with Gasteiger partial charge in [-0.3, -0.25) is 9.59 Å². The molecule has 1 aliphatic carbocycles. The van der Waals surface area contributed by atoms with Gasteiger partial charge in [-0.25, -0.2) is 9.59 Å². The average molecular weight is 573 g/mol. The van der Waals surface area contributed by atoms with E-state index in [1.807, 2.05) is 66.7 Å². The molecule has 10 nitrogen and oxygen atoms in total. The number of nitrogens with one attached hydrogen (secondary N) is 1. The second kappa shape index (κ2) is 12.4. The summed E-state index contributed by atoms with van der Waals surface area (Å²) in [6, 6.07) is 23.5. The van der Waals surface area contributed by atoms with Crippen molar-refractivity contribution in [1.82, 2.24) is 10.2 Å². The molecule has 1 saturated heterocycles. The lowest BCUT2D eigenvalue weighted by Gasteiger charge is -2.38. The Balaban J connectivity index is 1.27. The number of aliphatic carboxylic acids is 1. The fourth-order valence-electron chi connectivity index (χ4n) is 5.35. The summed E-state index contributed by atoms with van der Waals surface area (Å²) in [6.45, 7) is 1.24. The number of carbonyl (C=O) groups excluding carboxylic acids is 3. The molecule has 3 aromatic rings. The molecule has 1 fully saturated rings. The first-order valence-electron chi connectivity index (χ1n) is 13.7. The van der Waals surface area contributed by atoms with Crippen molar-refractivity contribution in [3.63, 3.8) is 0 Å². The number of esters is 1. The molecule has 0 bridgehead atoms. The standard InChI is InChI=1S/C32H32N2O8/c1-32(30(37)38)20-34(15-16-42-32)29(36)27(17-28(35)40-18-21-9-3-2-4-10-21)33-31(39)41-19-26-24-13-7-5-11-22(24)23-12-6-8-14-25(23)26/h2-14,26-27H,15-20H2,1H3,(H,33,39)(H,37,38)/t27-,32?/m0/s1. The number of ether oxygens (including phenoxy) is 3. The van der Waals surface area contributed by atoms with E-state index in [0.29, 0.717) is 0 Å². The first-order chi connectivity index (χ1) is 20.2. The highest BCUT2D eigenvalue weighted by Crippen LogP contribution is 2.44. The number of hydrogen-bond acceptors (Lipinski definition) is 7. The van der Waals surface area contributed by atoms with Crippen LogP contribution in [0.3, 0.4) is 0 Å². The Labute approximate surface area is 243 Å². The number of rotatable bonds is 9. The number of benzene rings is 3. The zero-order chi connectivity index (χ0) is 29.7. The Morgan fingerprint density at radius 3 is 2.21 bits per heavy atom. The molecule has 2 aliphatic rings. The minimum absolute atomic E-state index is 0.000166. The van der Waals surface area contributed by atoms with Crippen LogP contribution in [0.5, 0.6) is 0 Å². The number of amides is 2. The lowest BCUT2D eigenvalue weighted by molar-refractivity contribution is -0.178. The van der Waals surface area contributed by atoms with E-state index in [1.54, 1.807) is 12.1 Å². The third-order valence-electron chi connectivity index (χ3n) is 7.59. The molecule has 0 radical (unpaired) electrons. The van der Waals surface area contributed by atoms with Crippen molar-refractivity contribution in [2.24, 2.45) is 0 Å². The summed E-state index contributed by atoms with van der Waals surface area (Å²) in [7, 11) is 0. The van der Waals surface area contributed by atoms with Crippen LogP contribution in [0.1, 0.15) is 36.0 Å². The van der Waals surface area contributed by atoms with Crippen LogP contribution >= 0.6 is 0 Å². The van der Waals surface area contributed by atoms with E-state index in [-0.39, 0.29) is 38.8 Å². The summed E-state index contributed by atoms with van der Waals surface area (Å²) in [4.78, 5) is 52.4. The van der Waals surface area contributed by atoms with Gasteiger partial charge in [0.15, 0.2) is 5.60 Å². The van der Waals surface area contributed by atoms with Crippen LogP contribution in [0.15, 0.2) is 78.9 Å². The number of morpholine rings is 1. The normalized spacial score (nSPS) is 18.4. The molecular formula is C32H32N2O8. The quantitative estimate of drug-likeness (QED) is 0.371. The molecule has 2 N–H and O–H groups in total. The second-order valence-corrected chi connectivity index (χ2v) is 10.5. The first kappa shape index (κ1) is 28.8. The van der Waals surface area contributed by atoms with Crippen molar-refractivity contribution >= 4 is 23.9 Å². The summed E-state index contributed by atoms with van der Waals surface area (Å²) in [5, 5.41) is 12.1. The number of alkyl carbamates (subject to hydrolysis) is 1. The molecule has 2 amide bonds. The number of carboxylic acids is 1. The van der Waals surface area contributed by atoms with Gasteiger partial charge in [-0.2, -0.15) is 0 Å². The van der Waals surface area contributed by atoms with E-state index < -0.39 is 42.0 Å². The Morgan fingerprint density at radius 2 is 1.57 bits per heavy atom. The highest BCUT2D eigenvalue weighted by molar-refractivity contribution is 5.90. The third-order valence-corrected chi connectivity index (χ3v) is 7.59. The molecule has 0 saturated carbocycles. The number of fused-ring (bicyclic) bond motifs is 3. The molecule has 0 spiro atoms. The summed E-state index contributed by atoms with van der Waals surface area (Å²) in [5.74, 6) is -2.74. The number of hydrogen-bond donors (Lipinski definition) is 2. The summed E-state index contributed by atoms with van der Waals surface area (Å²) in [6.07, 6.45) is -1.34. The molecule has 3 aromatic carbocycles. The Hall–Kier alpha value is -4.70. The Bertz CT molecular complexity index is 1430.